The van der Waals surface area contributed by atoms with E-state index in [0.29, 0.717) is 0 Å². The Morgan fingerprint density at radius 1 is 0.329 bits per heavy atom. The first-order valence-corrected chi connectivity index (χ1v) is 25.3. The Hall–Kier alpha value is -9.06. The normalized spacial score (nSPS) is 12.5. The number of hydrogen-bond donors (Lipinski definition) is 0. The second kappa shape index (κ2) is 18.0. The van der Waals surface area contributed by atoms with Gasteiger partial charge >= 0.3 is 0 Å². The van der Waals surface area contributed by atoms with Gasteiger partial charge in [-0.25, -0.2) is 9.97 Å². The van der Waals surface area contributed by atoms with Crippen LogP contribution in [0.2, 0.25) is 0 Å². The molecule has 0 fully saturated rings. The molecular formula is C68H51BN4. The van der Waals surface area contributed by atoms with E-state index in [4.69, 9.17) is 9.97 Å². The van der Waals surface area contributed by atoms with Crippen LogP contribution in [-0.2, 0) is 5.41 Å². The molecular weight excluding hydrogens is 884 g/mol. The Bertz CT molecular complexity index is 3570. The van der Waals surface area contributed by atoms with Crippen molar-refractivity contribution < 1.29 is 0 Å². The SMILES string of the molecule is CC(C)(C)c1cc2c3c(c1)N(c1ccc(-c4ccccc4)cc1)c1c(cccc1-c1cccc(-c4ccccc4)n1)B3c1cccc(-c3cccc(-c4ccccc4)n3)c1N2c1ccc(-c2ccccc2)cc1. The third-order valence-corrected chi connectivity index (χ3v) is 14.6. The standard InChI is InChI=1S/C68H51BN4/c1-68(2,3)52-44-63-65-64(45-52)73(54-42-38-49(39-43-54)47-22-10-5-11-23-47)67-56(62-35-19-33-60(71-62)51-26-14-7-15-27-51)29-17-31-58(67)69(65)57-30-16-28-55(61-34-18-32-59(70-61)50-24-12-6-13-25-50)66(57)72(63)53-40-36-48(37-41-53)46-20-8-4-9-21-46/h4-45H,1-3H3. The Morgan fingerprint density at radius 3 is 1.05 bits per heavy atom. The fourth-order valence-corrected chi connectivity index (χ4v) is 11.1. The summed E-state index contributed by atoms with van der Waals surface area (Å²) in [6, 6.07) is 92.1. The monoisotopic (exact) mass is 934 g/mol. The van der Waals surface area contributed by atoms with Crippen molar-refractivity contribution in [2.45, 2.75) is 26.2 Å². The first kappa shape index (κ1) is 43.9. The summed E-state index contributed by atoms with van der Waals surface area (Å²) >= 11 is 0. The van der Waals surface area contributed by atoms with E-state index >= 15 is 0 Å². The summed E-state index contributed by atoms with van der Waals surface area (Å²) in [6.45, 7) is 6.86. The highest BCUT2D eigenvalue weighted by molar-refractivity contribution is 7.00. The predicted octanol–water partition coefficient (Wildman–Crippen LogP) is 15.9. The number of anilines is 6. The van der Waals surface area contributed by atoms with Gasteiger partial charge in [0.05, 0.1) is 34.2 Å². The largest absolute Gasteiger partial charge is 0.311 e. The maximum absolute atomic E-state index is 5.47. The minimum Gasteiger partial charge on any atom is -0.311 e. The third kappa shape index (κ3) is 7.82. The molecule has 0 amide bonds. The summed E-state index contributed by atoms with van der Waals surface area (Å²) in [5, 5.41) is 0. The van der Waals surface area contributed by atoms with Gasteiger partial charge in [-0.3, -0.25) is 0 Å². The molecule has 9 aromatic carbocycles. The zero-order valence-electron chi connectivity index (χ0n) is 41.1. The van der Waals surface area contributed by atoms with Gasteiger partial charge in [0.2, 0.25) is 0 Å². The molecule has 5 heteroatoms. The first-order valence-electron chi connectivity index (χ1n) is 25.3. The van der Waals surface area contributed by atoms with Crippen molar-refractivity contribution >= 4 is 57.2 Å². The van der Waals surface area contributed by atoms with Gasteiger partial charge in [-0.1, -0.05) is 215 Å². The molecule has 0 saturated heterocycles. The van der Waals surface area contributed by atoms with Crippen molar-refractivity contribution in [2.24, 2.45) is 0 Å². The molecule has 4 heterocycles. The average molecular weight is 935 g/mol. The van der Waals surface area contributed by atoms with E-state index in [0.717, 1.165) is 79.2 Å². The van der Waals surface area contributed by atoms with Crippen LogP contribution < -0.4 is 26.2 Å². The van der Waals surface area contributed by atoms with Crippen molar-refractivity contribution in [1.82, 2.24) is 9.97 Å². The number of fused-ring (bicyclic) bond motifs is 4. The molecule has 0 spiro atoms. The lowest BCUT2D eigenvalue weighted by Gasteiger charge is -2.46. The van der Waals surface area contributed by atoms with Crippen molar-refractivity contribution in [3.63, 3.8) is 0 Å². The van der Waals surface area contributed by atoms with Crippen molar-refractivity contribution in [2.75, 3.05) is 9.80 Å². The number of pyridine rings is 2. The molecule has 0 radical (unpaired) electrons. The summed E-state index contributed by atoms with van der Waals surface area (Å²) in [5.74, 6) is 0. The smallest absolute Gasteiger partial charge is 0.252 e. The van der Waals surface area contributed by atoms with Gasteiger partial charge < -0.3 is 9.80 Å². The molecule has 346 valence electrons. The van der Waals surface area contributed by atoms with Crippen molar-refractivity contribution in [3.8, 4) is 67.3 Å². The van der Waals surface area contributed by atoms with E-state index in [1.54, 1.807) is 0 Å². The summed E-state index contributed by atoms with van der Waals surface area (Å²) in [7, 11) is 0. The second-order valence-electron chi connectivity index (χ2n) is 20.1. The zero-order chi connectivity index (χ0) is 49.0. The van der Waals surface area contributed by atoms with Gasteiger partial charge in [-0.15, -0.1) is 0 Å². The van der Waals surface area contributed by atoms with Crippen LogP contribution >= 0.6 is 0 Å². The van der Waals surface area contributed by atoms with Gasteiger partial charge in [-0.2, -0.15) is 0 Å². The fraction of sp³-hybridized carbons (Fsp3) is 0.0588. The molecule has 13 rings (SSSR count). The highest BCUT2D eigenvalue weighted by Gasteiger charge is 2.46. The lowest BCUT2D eigenvalue weighted by atomic mass is 9.33. The number of aromatic nitrogens is 2. The summed E-state index contributed by atoms with van der Waals surface area (Å²) in [4.78, 5) is 16.0. The molecule has 2 aliphatic rings. The molecule has 0 saturated carbocycles. The molecule has 4 nitrogen and oxygen atoms in total. The Labute approximate surface area is 428 Å². The molecule has 2 aromatic heterocycles. The molecule has 0 unspecified atom stereocenters. The molecule has 2 aliphatic heterocycles. The zero-order valence-corrected chi connectivity index (χ0v) is 41.1. The Balaban J connectivity index is 1.11. The maximum atomic E-state index is 5.47. The summed E-state index contributed by atoms with van der Waals surface area (Å²) in [5.41, 5.74) is 24.2. The third-order valence-electron chi connectivity index (χ3n) is 14.6. The van der Waals surface area contributed by atoms with Crippen LogP contribution in [0.4, 0.5) is 34.1 Å². The number of benzene rings is 9. The summed E-state index contributed by atoms with van der Waals surface area (Å²) < 4.78 is 0. The minimum absolute atomic E-state index is 0.141. The van der Waals surface area contributed by atoms with E-state index in [-0.39, 0.29) is 12.1 Å². The van der Waals surface area contributed by atoms with E-state index in [2.05, 4.69) is 285 Å². The van der Waals surface area contributed by atoms with E-state index < -0.39 is 0 Å². The van der Waals surface area contributed by atoms with Crippen LogP contribution in [0.3, 0.4) is 0 Å². The number of para-hydroxylation sites is 2. The van der Waals surface area contributed by atoms with Crippen molar-refractivity contribution in [1.29, 1.82) is 0 Å². The first-order chi connectivity index (χ1) is 35.9. The van der Waals surface area contributed by atoms with Gasteiger partial charge in [0, 0.05) is 45.0 Å². The van der Waals surface area contributed by atoms with Crippen LogP contribution in [-0.4, -0.2) is 16.7 Å². The van der Waals surface area contributed by atoms with Gasteiger partial charge in [0.1, 0.15) is 0 Å². The summed E-state index contributed by atoms with van der Waals surface area (Å²) in [6.07, 6.45) is 0. The van der Waals surface area contributed by atoms with Crippen LogP contribution in [0, 0.1) is 0 Å². The minimum atomic E-state index is -0.205. The Kier molecular flexibility index (Phi) is 10.8. The van der Waals surface area contributed by atoms with E-state index in [9.17, 15) is 0 Å². The highest BCUT2D eigenvalue weighted by Crippen LogP contribution is 2.50. The van der Waals surface area contributed by atoms with Crippen LogP contribution in [0.25, 0.3) is 67.3 Å². The molecule has 11 aromatic rings. The molecule has 0 bridgehead atoms. The predicted molar refractivity (Wildman–Crippen MR) is 307 cm³/mol. The van der Waals surface area contributed by atoms with Gasteiger partial charge in [0.25, 0.3) is 6.71 Å². The maximum Gasteiger partial charge on any atom is 0.252 e. The van der Waals surface area contributed by atoms with Crippen LogP contribution in [0.1, 0.15) is 26.3 Å². The van der Waals surface area contributed by atoms with Gasteiger partial charge in [-0.05, 0) is 110 Å². The quantitative estimate of drug-likeness (QED) is 0.142. The molecule has 0 aliphatic carbocycles. The van der Waals surface area contributed by atoms with Crippen LogP contribution in [0.15, 0.2) is 255 Å². The van der Waals surface area contributed by atoms with E-state index in [1.807, 2.05) is 0 Å². The topological polar surface area (TPSA) is 32.3 Å². The molecule has 73 heavy (non-hydrogen) atoms. The second-order valence-corrected chi connectivity index (χ2v) is 20.1. The molecule has 0 atom stereocenters. The van der Waals surface area contributed by atoms with Crippen LogP contribution in [0.5, 0.6) is 0 Å². The number of hydrogen-bond acceptors (Lipinski definition) is 4. The van der Waals surface area contributed by atoms with E-state index in [1.165, 1.54) is 44.2 Å². The number of nitrogens with zero attached hydrogens (tertiary/aromatic N) is 4. The fourth-order valence-electron chi connectivity index (χ4n) is 11.1. The van der Waals surface area contributed by atoms with Gasteiger partial charge in [0.15, 0.2) is 0 Å². The highest BCUT2D eigenvalue weighted by atomic mass is 15.2. The lowest BCUT2D eigenvalue weighted by Crippen LogP contribution is -2.61. The number of rotatable bonds is 8. The lowest BCUT2D eigenvalue weighted by molar-refractivity contribution is 0.590. The molecule has 0 N–H and O–H groups in total. The van der Waals surface area contributed by atoms with Crippen molar-refractivity contribution in [3.05, 3.63) is 260 Å². The average Bonchev–Trinajstić information content (AvgIpc) is 3.46. The Morgan fingerprint density at radius 2 is 0.671 bits per heavy atom.